The van der Waals surface area contributed by atoms with Crippen LogP contribution in [0.1, 0.15) is 77.6 Å². The second-order valence-electron chi connectivity index (χ2n) is 17.0. The number of methoxy groups -OCH3 is 2. The average molecular weight is 834 g/mol. The van der Waals surface area contributed by atoms with Crippen LogP contribution in [0, 0.1) is 10.8 Å². The number of amides is 5. The number of nitrogens with one attached hydrogen (secondary N) is 3. The number of imide groups is 2. The van der Waals surface area contributed by atoms with Crippen molar-refractivity contribution >= 4 is 46.1 Å². The van der Waals surface area contributed by atoms with Crippen molar-refractivity contribution < 1.29 is 38.2 Å². The predicted octanol–water partition coefficient (Wildman–Crippen LogP) is 4.03. The van der Waals surface area contributed by atoms with Gasteiger partial charge >= 0.3 is 0 Å². The Morgan fingerprint density at radius 1 is 0.951 bits per heavy atom. The number of aryl methyl sites for hydroxylation is 1. The minimum absolute atomic E-state index is 0.0512. The number of hydrogen-bond donors (Lipinski definition) is 3. The van der Waals surface area contributed by atoms with Crippen molar-refractivity contribution in [2.24, 2.45) is 17.9 Å². The summed E-state index contributed by atoms with van der Waals surface area (Å²) in [5.41, 5.74) is 2.59. The summed E-state index contributed by atoms with van der Waals surface area (Å²) in [5, 5.41) is 9.65. The molecule has 3 saturated carbocycles. The summed E-state index contributed by atoms with van der Waals surface area (Å²) in [4.78, 5) is 84.4. The van der Waals surface area contributed by atoms with Gasteiger partial charge in [-0.3, -0.25) is 39.0 Å². The minimum Gasteiger partial charge on any atom is -0.496 e. The predicted molar refractivity (Wildman–Crippen MR) is 226 cm³/mol. The topological polar surface area (TPSA) is 190 Å². The molecule has 1 unspecified atom stereocenters. The Balaban J connectivity index is 0.794. The SMILES string of the molecule is CNc1cc2c(=O)n(C)cc(-c3cc(OC)c(CN(C)CC45CC(C(=O)NCCCCCOc6cccc7c6C(=O)N(C6CCC(=O)NC6=O)C7=O)(C4)C5)c(OC)c3)c2cn1. The zero-order valence-corrected chi connectivity index (χ0v) is 35.1. The third-order valence-corrected chi connectivity index (χ3v) is 12.7. The first-order valence-corrected chi connectivity index (χ1v) is 20.7. The summed E-state index contributed by atoms with van der Waals surface area (Å²) in [6.45, 7) is 2.29. The molecule has 4 aromatic rings. The largest absolute Gasteiger partial charge is 0.496 e. The van der Waals surface area contributed by atoms with Crippen LogP contribution in [0.15, 0.2) is 53.6 Å². The smallest absolute Gasteiger partial charge is 0.266 e. The monoisotopic (exact) mass is 833 g/mol. The van der Waals surface area contributed by atoms with Crippen LogP contribution in [0.2, 0.25) is 0 Å². The van der Waals surface area contributed by atoms with E-state index in [0.717, 1.165) is 65.6 Å². The zero-order valence-electron chi connectivity index (χ0n) is 35.1. The fourth-order valence-electron chi connectivity index (χ4n) is 9.91. The molecule has 16 heteroatoms. The molecule has 1 atom stereocenters. The highest BCUT2D eigenvalue weighted by Crippen LogP contribution is 2.73. The van der Waals surface area contributed by atoms with E-state index < -0.39 is 29.7 Å². The molecular weight excluding hydrogens is 783 g/mol. The van der Waals surface area contributed by atoms with Crippen molar-refractivity contribution in [2.45, 2.75) is 64.0 Å². The molecule has 3 aliphatic carbocycles. The molecule has 4 fully saturated rings. The maximum atomic E-state index is 13.3. The summed E-state index contributed by atoms with van der Waals surface area (Å²) >= 11 is 0. The third-order valence-electron chi connectivity index (χ3n) is 12.7. The van der Waals surface area contributed by atoms with E-state index in [0.29, 0.717) is 48.8 Å². The van der Waals surface area contributed by atoms with E-state index >= 15 is 0 Å². The number of fused-ring (bicyclic) bond motifs is 2. The zero-order chi connectivity index (χ0) is 43.2. The van der Waals surface area contributed by atoms with Gasteiger partial charge in [0.1, 0.15) is 29.1 Å². The van der Waals surface area contributed by atoms with Crippen LogP contribution in [0.3, 0.4) is 0 Å². The number of nitrogens with zero attached hydrogens (tertiary/aromatic N) is 4. The molecule has 2 aliphatic heterocycles. The summed E-state index contributed by atoms with van der Waals surface area (Å²) in [6, 6.07) is 9.49. The van der Waals surface area contributed by atoms with E-state index in [1.165, 1.54) is 6.07 Å². The number of hydrogen-bond acceptors (Lipinski definition) is 12. The van der Waals surface area contributed by atoms with Crippen LogP contribution in [-0.2, 0) is 28.0 Å². The molecule has 5 amide bonds. The van der Waals surface area contributed by atoms with Crippen LogP contribution >= 0.6 is 0 Å². The quantitative estimate of drug-likeness (QED) is 0.103. The van der Waals surface area contributed by atoms with Crippen LogP contribution < -0.4 is 35.7 Å². The summed E-state index contributed by atoms with van der Waals surface area (Å²) in [6.07, 6.45) is 8.45. The lowest BCUT2D eigenvalue weighted by Gasteiger charge is -2.70. The van der Waals surface area contributed by atoms with Gasteiger partial charge in [-0.1, -0.05) is 6.07 Å². The van der Waals surface area contributed by atoms with Crippen LogP contribution in [-0.4, -0.2) is 103 Å². The highest BCUT2D eigenvalue weighted by Gasteiger charge is 2.71. The van der Waals surface area contributed by atoms with E-state index in [1.807, 2.05) is 18.3 Å². The molecule has 16 nitrogen and oxygen atoms in total. The molecule has 9 rings (SSSR count). The maximum absolute atomic E-state index is 13.3. The van der Waals surface area contributed by atoms with Gasteiger partial charge in [-0.05, 0) is 93.3 Å². The van der Waals surface area contributed by atoms with Gasteiger partial charge in [0.25, 0.3) is 17.4 Å². The van der Waals surface area contributed by atoms with E-state index in [4.69, 9.17) is 14.2 Å². The standard InChI is InChI=1S/C45H51N7O9/c1-46-36-18-28-29(19-48-36)30(21-51(3)40(28)55)26-16-34(59-4)31(35(17-26)60-5)20-50(2)25-44-22-45(23-44,24-44)43(58)47-14-7-6-8-15-61-33-11-9-10-27-38(33)42(57)52(41(27)56)32-12-13-37(53)49-39(32)54/h9-11,16-19,21,32H,6-8,12-15,20,22-25H2,1-5H3,(H,46,48)(H,47,58)(H,49,53,54). The molecule has 320 valence electrons. The lowest BCUT2D eigenvalue weighted by Crippen LogP contribution is -2.70. The average Bonchev–Trinajstić information content (AvgIpc) is 3.48. The third kappa shape index (κ3) is 7.46. The Labute approximate surface area is 352 Å². The Kier molecular flexibility index (Phi) is 11.1. The Morgan fingerprint density at radius 2 is 1.69 bits per heavy atom. The van der Waals surface area contributed by atoms with Crippen LogP contribution in [0.25, 0.3) is 21.9 Å². The number of carbonyl (C=O) groups is 5. The Morgan fingerprint density at radius 3 is 2.38 bits per heavy atom. The van der Waals surface area contributed by atoms with Crippen molar-refractivity contribution in [3.63, 3.8) is 0 Å². The van der Waals surface area contributed by atoms with Gasteiger partial charge in [0.15, 0.2) is 0 Å². The summed E-state index contributed by atoms with van der Waals surface area (Å²) < 4.78 is 19.4. The van der Waals surface area contributed by atoms with Crippen molar-refractivity contribution in [2.75, 3.05) is 53.3 Å². The van der Waals surface area contributed by atoms with E-state index in [2.05, 4.69) is 32.9 Å². The van der Waals surface area contributed by atoms with Gasteiger partial charge in [0.05, 0.1) is 48.3 Å². The maximum Gasteiger partial charge on any atom is 0.266 e. The van der Waals surface area contributed by atoms with Crippen LogP contribution in [0.4, 0.5) is 5.82 Å². The highest BCUT2D eigenvalue weighted by atomic mass is 16.5. The summed E-state index contributed by atoms with van der Waals surface area (Å²) in [5.74, 6) is 0.107. The first-order valence-electron chi connectivity index (χ1n) is 20.7. The molecule has 2 aromatic heterocycles. The number of benzene rings is 2. The normalized spacial score (nSPS) is 21.5. The number of ether oxygens (including phenoxy) is 3. The molecule has 1 saturated heterocycles. The number of rotatable bonds is 17. The second kappa shape index (κ2) is 16.3. The number of aromatic nitrogens is 2. The molecule has 4 heterocycles. The molecule has 2 aromatic carbocycles. The lowest BCUT2D eigenvalue weighted by atomic mass is 9.34. The lowest BCUT2D eigenvalue weighted by molar-refractivity contribution is -0.213. The Hall–Kier alpha value is -6.29. The first-order chi connectivity index (χ1) is 29.3. The second-order valence-corrected chi connectivity index (χ2v) is 17.0. The number of pyridine rings is 2. The minimum atomic E-state index is -1.04. The van der Waals surface area contributed by atoms with Crippen molar-refractivity contribution in [1.82, 2.24) is 30.0 Å². The van der Waals surface area contributed by atoms with Gasteiger partial charge < -0.3 is 34.3 Å². The molecule has 0 radical (unpaired) electrons. The molecule has 2 bridgehead atoms. The van der Waals surface area contributed by atoms with Gasteiger partial charge in [-0.25, -0.2) is 4.98 Å². The molecular formula is C45H51N7O9. The number of piperidine rings is 1. The summed E-state index contributed by atoms with van der Waals surface area (Å²) in [7, 11) is 8.86. The number of carbonyl (C=O) groups excluding carboxylic acids is 5. The van der Waals surface area contributed by atoms with Gasteiger partial charge in [-0.15, -0.1) is 0 Å². The van der Waals surface area contributed by atoms with Gasteiger partial charge in [-0.2, -0.15) is 0 Å². The van der Waals surface area contributed by atoms with E-state index in [9.17, 15) is 28.8 Å². The molecule has 61 heavy (non-hydrogen) atoms. The van der Waals surface area contributed by atoms with Crippen molar-refractivity contribution in [3.8, 4) is 28.4 Å². The van der Waals surface area contributed by atoms with Crippen molar-refractivity contribution in [3.05, 3.63) is 75.8 Å². The van der Waals surface area contributed by atoms with Gasteiger partial charge in [0.2, 0.25) is 17.7 Å². The molecule has 3 N–H and O–H groups in total. The number of anilines is 1. The number of unbranched alkanes of at least 4 members (excludes halogenated alkanes) is 2. The Bertz CT molecular complexity index is 2490. The van der Waals surface area contributed by atoms with E-state index in [1.54, 1.807) is 57.3 Å². The van der Waals surface area contributed by atoms with Gasteiger partial charge in [0, 0.05) is 63.5 Å². The van der Waals surface area contributed by atoms with Crippen molar-refractivity contribution in [1.29, 1.82) is 0 Å². The van der Waals surface area contributed by atoms with Crippen LogP contribution in [0.5, 0.6) is 17.2 Å². The molecule has 5 aliphatic rings. The van der Waals surface area contributed by atoms with E-state index in [-0.39, 0.29) is 52.0 Å². The highest BCUT2D eigenvalue weighted by molar-refractivity contribution is 6.24. The fourth-order valence-corrected chi connectivity index (χ4v) is 9.91. The molecule has 0 spiro atoms. The first kappa shape index (κ1) is 41.4. The fraction of sp³-hybridized carbons (Fsp3) is 0.444.